The Morgan fingerprint density at radius 1 is 0.750 bits per heavy atom. The SMILES string of the molecule is CCC(=O)OCOC(=O)C(CCCCCCCCCC(=O)O)COC(=O)CC. The molecule has 1 atom stereocenters. The van der Waals surface area contributed by atoms with Crippen molar-refractivity contribution in [3.63, 3.8) is 0 Å². The Bertz CT molecular complexity index is 475. The first-order valence-electron chi connectivity index (χ1n) is 10.1. The molecule has 0 aromatic carbocycles. The van der Waals surface area contributed by atoms with E-state index in [0.29, 0.717) is 12.8 Å². The van der Waals surface area contributed by atoms with Crippen LogP contribution in [0.4, 0.5) is 0 Å². The maximum absolute atomic E-state index is 12.2. The number of carbonyl (C=O) groups excluding carboxylic acids is 3. The number of aliphatic carboxylic acids is 1. The van der Waals surface area contributed by atoms with Crippen LogP contribution in [0.25, 0.3) is 0 Å². The third-order valence-corrected chi connectivity index (χ3v) is 4.22. The fourth-order valence-electron chi connectivity index (χ4n) is 2.49. The average Bonchev–Trinajstić information content (AvgIpc) is 2.67. The van der Waals surface area contributed by atoms with Crippen LogP contribution in [0.2, 0.25) is 0 Å². The van der Waals surface area contributed by atoms with Crippen molar-refractivity contribution in [1.82, 2.24) is 0 Å². The molecule has 0 bridgehead atoms. The lowest BCUT2D eigenvalue weighted by Gasteiger charge is -2.16. The minimum atomic E-state index is -0.758. The van der Waals surface area contributed by atoms with Crippen LogP contribution in [0.3, 0.4) is 0 Å². The Kier molecular flexibility index (Phi) is 15.7. The van der Waals surface area contributed by atoms with E-state index in [9.17, 15) is 19.2 Å². The van der Waals surface area contributed by atoms with Crippen molar-refractivity contribution in [2.45, 2.75) is 84.5 Å². The topological polar surface area (TPSA) is 116 Å². The first-order chi connectivity index (χ1) is 13.4. The molecule has 1 N–H and O–H groups in total. The van der Waals surface area contributed by atoms with Crippen LogP contribution in [-0.2, 0) is 33.4 Å². The summed E-state index contributed by atoms with van der Waals surface area (Å²) in [5.41, 5.74) is 0. The normalized spacial score (nSPS) is 11.5. The van der Waals surface area contributed by atoms with Gasteiger partial charge in [-0.25, -0.2) is 0 Å². The molecule has 0 aliphatic carbocycles. The van der Waals surface area contributed by atoms with Gasteiger partial charge in [0.05, 0.1) is 5.92 Å². The molecule has 0 saturated carbocycles. The van der Waals surface area contributed by atoms with Gasteiger partial charge in [0.1, 0.15) is 6.61 Å². The zero-order chi connectivity index (χ0) is 21.2. The third-order valence-electron chi connectivity index (χ3n) is 4.22. The van der Waals surface area contributed by atoms with Gasteiger partial charge in [-0.2, -0.15) is 0 Å². The zero-order valence-corrected chi connectivity index (χ0v) is 17.1. The fraction of sp³-hybridized carbons (Fsp3) is 0.800. The summed E-state index contributed by atoms with van der Waals surface area (Å²) in [6.45, 7) is 2.85. The first-order valence-corrected chi connectivity index (χ1v) is 10.1. The van der Waals surface area contributed by atoms with Crippen molar-refractivity contribution >= 4 is 23.9 Å². The number of ether oxygens (including phenoxy) is 3. The van der Waals surface area contributed by atoms with Crippen LogP contribution < -0.4 is 0 Å². The van der Waals surface area contributed by atoms with Crippen molar-refractivity contribution in [3.05, 3.63) is 0 Å². The number of carboxylic acid groups (broad SMARTS) is 1. The maximum Gasteiger partial charge on any atom is 0.315 e. The van der Waals surface area contributed by atoms with Crippen LogP contribution in [-0.4, -0.2) is 42.4 Å². The Morgan fingerprint density at radius 3 is 1.86 bits per heavy atom. The van der Waals surface area contributed by atoms with E-state index >= 15 is 0 Å². The van der Waals surface area contributed by atoms with E-state index in [1.807, 2.05) is 0 Å². The molecule has 0 aromatic rings. The van der Waals surface area contributed by atoms with Crippen LogP contribution in [0.5, 0.6) is 0 Å². The molecule has 0 fully saturated rings. The van der Waals surface area contributed by atoms with Gasteiger partial charge in [-0.05, 0) is 12.8 Å². The summed E-state index contributed by atoms with van der Waals surface area (Å²) >= 11 is 0. The highest BCUT2D eigenvalue weighted by Gasteiger charge is 2.22. The van der Waals surface area contributed by atoms with Gasteiger partial charge >= 0.3 is 23.9 Å². The van der Waals surface area contributed by atoms with Crippen molar-refractivity contribution in [2.24, 2.45) is 5.92 Å². The molecule has 8 nitrogen and oxygen atoms in total. The smallest absolute Gasteiger partial charge is 0.315 e. The fourth-order valence-corrected chi connectivity index (χ4v) is 2.49. The van der Waals surface area contributed by atoms with E-state index in [1.54, 1.807) is 13.8 Å². The Labute approximate surface area is 166 Å². The molecule has 0 radical (unpaired) electrons. The van der Waals surface area contributed by atoms with E-state index in [-0.39, 0.29) is 31.8 Å². The number of esters is 3. The summed E-state index contributed by atoms with van der Waals surface area (Å²) in [6, 6.07) is 0. The molecule has 0 aliphatic rings. The van der Waals surface area contributed by atoms with Crippen molar-refractivity contribution in [1.29, 1.82) is 0 Å². The minimum absolute atomic E-state index is 0.0393. The molecule has 8 heteroatoms. The van der Waals surface area contributed by atoms with Crippen molar-refractivity contribution in [2.75, 3.05) is 13.4 Å². The van der Waals surface area contributed by atoms with Gasteiger partial charge < -0.3 is 19.3 Å². The molecule has 0 heterocycles. The summed E-state index contributed by atoms with van der Waals surface area (Å²) in [7, 11) is 0. The highest BCUT2D eigenvalue weighted by Crippen LogP contribution is 2.15. The number of hydrogen-bond donors (Lipinski definition) is 1. The van der Waals surface area contributed by atoms with E-state index in [2.05, 4.69) is 0 Å². The average molecular weight is 402 g/mol. The van der Waals surface area contributed by atoms with Gasteiger partial charge in [-0.15, -0.1) is 0 Å². The zero-order valence-electron chi connectivity index (χ0n) is 17.1. The van der Waals surface area contributed by atoms with Crippen LogP contribution in [0, 0.1) is 5.92 Å². The lowest BCUT2D eigenvalue weighted by atomic mass is 10.0. The second-order valence-electron chi connectivity index (χ2n) is 6.59. The monoisotopic (exact) mass is 402 g/mol. The maximum atomic E-state index is 12.2. The van der Waals surface area contributed by atoms with Gasteiger partial charge in [0.2, 0.25) is 6.79 Å². The van der Waals surface area contributed by atoms with Gasteiger partial charge in [-0.3, -0.25) is 19.2 Å². The van der Waals surface area contributed by atoms with E-state index < -0.39 is 30.6 Å². The lowest BCUT2D eigenvalue weighted by molar-refractivity contribution is -0.172. The van der Waals surface area contributed by atoms with Crippen LogP contribution >= 0.6 is 0 Å². The number of carbonyl (C=O) groups is 4. The number of unbranched alkanes of at least 4 members (excludes halogenated alkanes) is 6. The molecule has 0 amide bonds. The molecule has 0 spiro atoms. The van der Waals surface area contributed by atoms with Crippen LogP contribution in [0.1, 0.15) is 84.5 Å². The third kappa shape index (κ3) is 15.0. The predicted molar refractivity (Wildman–Crippen MR) is 101 cm³/mol. The molecule has 0 aromatic heterocycles. The standard InChI is InChI=1S/C20H34O8/c1-3-18(23)26-14-16(20(25)28-15-27-19(24)4-2)12-10-8-6-5-7-9-11-13-17(21)22/h16H,3-15H2,1-2H3,(H,21,22). The van der Waals surface area contributed by atoms with Gasteiger partial charge in [0.25, 0.3) is 0 Å². The molecule has 0 saturated heterocycles. The summed E-state index contributed by atoms with van der Waals surface area (Å²) in [5.74, 6) is -2.71. The first kappa shape index (κ1) is 25.9. The second-order valence-corrected chi connectivity index (χ2v) is 6.59. The van der Waals surface area contributed by atoms with Crippen molar-refractivity contribution in [3.8, 4) is 0 Å². The molecule has 1 unspecified atom stereocenters. The Balaban J connectivity index is 4.09. The largest absolute Gasteiger partial charge is 0.481 e. The van der Waals surface area contributed by atoms with Gasteiger partial charge in [0, 0.05) is 19.3 Å². The van der Waals surface area contributed by atoms with Crippen LogP contribution in [0.15, 0.2) is 0 Å². The number of carboxylic acids is 1. The highest BCUT2D eigenvalue weighted by atomic mass is 16.7. The lowest BCUT2D eigenvalue weighted by Crippen LogP contribution is -2.25. The number of rotatable bonds is 17. The number of hydrogen-bond acceptors (Lipinski definition) is 7. The Morgan fingerprint density at radius 2 is 1.29 bits per heavy atom. The quantitative estimate of drug-likeness (QED) is 0.223. The van der Waals surface area contributed by atoms with E-state index in [1.165, 1.54) is 0 Å². The molecule has 0 rings (SSSR count). The second kappa shape index (κ2) is 17.0. The van der Waals surface area contributed by atoms with E-state index in [0.717, 1.165) is 38.5 Å². The van der Waals surface area contributed by atoms with Gasteiger partial charge in [0.15, 0.2) is 0 Å². The summed E-state index contributed by atoms with van der Waals surface area (Å²) in [4.78, 5) is 45.0. The summed E-state index contributed by atoms with van der Waals surface area (Å²) in [6.07, 6.45) is 7.51. The molecule has 162 valence electrons. The molecule has 0 aliphatic heterocycles. The summed E-state index contributed by atoms with van der Waals surface area (Å²) < 4.78 is 14.8. The van der Waals surface area contributed by atoms with E-state index in [4.69, 9.17) is 19.3 Å². The molecular formula is C20H34O8. The molecular weight excluding hydrogens is 368 g/mol. The summed E-state index contributed by atoms with van der Waals surface area (Å²) in [5, 5.41) is 8.58. The Hall–Kier alpha value is -2.12. The minimum Gasteiger partial charge on any atom is -0.481 e. The highest BCUT2D eigenvalue weighted by molar-refractivity contribution is 5.74. The predicted octanol–water partition coefficient (Wildman–Crippen LogP) is 3.61. The van der Waals surface area contributed by atoms with Crippen molar-refractivity contribution < 1.29 is 38.5 Å². The van der Waals surface area contributed by atoms with Gasteiger partial charge in [-0.1, -0.05) is 52.4 Å². The molecule has 28 heavy (non-hydrogen) atoms.